The molecule has 0 aliphatic carbocycles. The van der Waals surface area contributed by atoms with Gasteiger partial charge in [-0.25, -0.2) is 9.18 Å². The van der Waals surface area contributed by atoms with E-state index < -0.39 is 11.6 Å². The molecular formula is C26H29FN4O4. The van der Waals surface area contributed by atoms with Gasteiger partial charge >= 0.3 is 6.03 Å². The monoisotopic (exact) mass is 480 g/mol. The van der Waals surface area contributed by atoms with E-state index in [9.17, 15) is 18.8 Å². The largest absolute Gasteiger partial charge is 0.376 e. The zero-order chi connectivity index (χ0) is 24.4. The second-order valence-electron chi connectivity index (χ2n) is 9.47. The first-order valence-corrected chi connectivity index (χ1v) is 12.2. The van der Waals surface area contributed by atoms with Gasteiger partial charge in [-0.1, -0.05) is 18.2 Å². The molecule has 9 heteroatoms. The van der Waals surface area contributed by atoms with E-state index in [1.165, 1.54) is 17.0 Å². The average Bonchev–Trinajstić information content (AvgIpc) is 3.47. The molecule has 35 heavy (non-hydrogen) atoms. The van der Waals surface area contributed by atoms with Crippen molar-refractivity contribution in [3.05, 3.63) is 65.7 Å². The number of halogens is 1. The van der Waals surface area contributed by atoms with Crippen LogP contribution in [0.15, 0.2) is 48.7 Å². The van der Waals surface area contributed by atoms with Crippen LogP contribution in [0.2, 0.25) is 0 Å². The number of nitrogens with zero attached hydrogens (tertiary/aromatic N) is 3. The molecule has 3 saturated heterocycles. The summed E-state index contributed by atoms with van der Waals surface area (Å²) in [5.74, 6) is -0.972. The van der Waals surface area contributed by atoms with Crippen LogP contribution in [0, 0.1) is 11.7 Å². The van der Waals surface area contributed by atoms with E-state index in [-0.39, 0.29) is 42.6 Å². The molecule has 0 saturated carbocycles. The predicted octanol–water partition coefficient (Wildman–Crippen LogP) is 2.63. The molecule has 4 amide bonds. The van der Waals surface area contributed by atoms with Crippen LogP contribution in [-0.2, 0) is 26.3 Å². The molecular weight excluding hydrogens is 451 g/mol. The minimum atomic E-state index is -1.27. The van der Waals surface area contributed by atoms with Gasteiger partial charge in [0.1, 0.15) is 5.82 Å². The third-order valence-corrected chi connectivity index (χ3v) is 7.32. The summed E-state index contributed by atoms with van der Waals surface area (Å²) < 4.78 is 19.2. The van der Waals surface area contributed by atoms with Crippen LogP contribution >= 0.6 is 0 Å². The summed E-state index contributed by atoms with van der Waals surface area (Å²) in [6.45, 7) is 1.76. The highest BCUT2D eigenvalue weighted by atomic mass is 19.1. The molecule has 2 aromatic rings. The van der Waals surface area contributed by atoms with Gasteiger partial charge in [0.25, 0.3) is 5.91 Å². The van der Waals surface area contributed by atoms with Crippen molar-refractivity contribution in [3.63, 3.8) is 0 Å². The maximum atomic E-state index is 13.8. The van der Waals surface area contributed by atoms with Crippen LogP contribution in [0.25, 0.3) is 0 Å². The molecule has 3 fully saturated rings. The summed E-state index contributed by atoms with van der Waals surface area (Å²) in [4.78, 5) is 47.2. The minimum Gasteiger partial charge on any atom is -0.376 e. The van der Waals surface area contributed by atoms with Gasteiger partial charge in [-0.3, -0.25) is 19.5 Å². The Morgan fingerprint density at radius 2 is 1.97 bits per heavy atom. The van der Waals surface area contributed by atoms with Crippen molar-refractivity contribution in [3.8, 4) is 0 Å². The van der Waals surface area contributed by atoms with Crippen molar-refractivity contribution in [2.75, 3.05) is 26.2 Å². The van der Waals surface area contributed by atoms with Crippen molar-refractivity contribution in [2.24, 2.45) is 5.92 Å². The highest BCUT2D eigenvalue weighted by Gasteiger charge is 2.58. The summed E-state index contributed by atoms with van der Waals surface area (Å²) in [5.41, 5.74) is -0.128. The van der Waals surface area contributed by atoms with Gasteiger partial charge in [0.05, 0.1) is 24.8 Å². The smallest absolute Gasteiger partial charge is 0.325 e. The summed E-state index contributed by atoms with van der Waals surface area (Å²) >= 11 is 0. The van der Waals surface area contributed by atoms with Crippen molar-refractivity contribution >= 4 is 17.8 Å². The second-order valence-corrected chi connectivity index (χ2v) is 9.47. The second kappa shape index (κ2) is 9.73. The van der Waals surface area contributed by atoms with Crippen LogP contribution in [0.3, 0.4) is 0 Å². The molecule has 5 rings (SSSR count). The Labute approximate surface area is 203 Å². The zero-order valence-electron chi connectivity index (χ0n) is 19.5. The maximum Gasteiger partial charge on any atom is 0.325 e. The SMILES string of the molecule is O=C(Cc1cccc(F)c1)N1CCC([C@@]2(c3ccccn3)NC(=O)N(C[C@H]3CCCO3)C2=O)CC1. The lowest BCUT2D eigenvalue weighted by atomic mass is 9.75. The molecule has 184 valence electrons. The lowest BCUT2D eigenvalue weighted by Gasteiger charge is -2.40. The number of carbonyl (C=O) groups is 3. The highest BCUT2D eigenvalue weighted by Crippen LogP contribution is 2.41. The van der Waals surface area contributed by atoms with Gasteiger partial charge in [0, 0.05) is 31.8 Å². The van der Waals surface area contributed by atoms with E-state index >= 15 is 0 Å². The number of ether oxygens (including phenoxy) is 1. The predicted molar refractivity (Wildman–Crippen MR) is 125 cm³/mol. The Morgan fingerprint density at radius 1 is 1.14 bits per heavy atom. The molecule has 3 aliphatic rings. The number of pyridine rings is 1. The third-order valence-electron chi connectivity index (χ3n) is 7.32. The fourth-order valence-electron chi connectivity index (χ4n) is 5.50. The number of amides is 4. The summed E-state index contributed by atoms with van der Waals surface area (Å²) in [5, 5.41) is 2.99. The molecule has 1 aromatic heterocycles. The molecule has 3 aliphatic heterocycles. The van der Waals surface area contributed by atoms with E-state index in [0.717, 1.165) is 12.8 Å². The number of hydrogen-bond acceptors (Lipinski definition) is 5. The van der Waals surface area contributed by atoms with Crippen molar-refractivity contribution < 1.29 is 23.5 Å². The Balaban J connectivity index is 1.33. The number of rotatable bonds is 6. The number of hydrogen-bond donors (Lipinski definition) is 1. The quantitative estimate of drug-likeness (QED) is 0.642. The standard InChI is InChI=1S/C26H29FN4O4/c27-20-6-3-5-18(15-20)16-23(32)30-12-9-19(10-13-30)26(22-8-1-2-11-28-22)24(33)31(25(34)29-26)17-21-7-4-14-35-21/h1-3,5-6,8,11,15,19,21H,4,7,9-10,12-14,16-17H2,(H,29,34)/t21-,26+/m1/s1. The molecule has 8 nitrogen and oxygen atoms in total. The Hall–Kier alpha value is -3.33. The van der Waals surface area contributed by atoms with Crippen LogP contribution in [0.4, 0.5) is 9.18 Å². The molecule has 4 heterocycles. The van der Waals surface area contributed by atoms with Crippen molar-refractivity contribution in [1.29, 1.82) is 0 Å². The first kappa shape index (κ1) is 23.4. The maximum absolute atomic E-state index is 13.8. The first-order chi connectivity index (χ1) is 17.0. The zero-order valence-corrected chi connectivity index (χ0v) is 19.5. The van der Waals surface area contributed by atoms with Crippen LogP contribution in [0.5, 0.6) is 0 Å². The lowest BCUT2D eigenvalue weighted by Crippen LogP contribution is -2.55. The minimum absolute atomic E-state index is 0.0808. The number of urea groups is 1. The molecule has 0 bridgehead atoms. The number of piperidine rings is 1. The van der Waals surface area contributed by atoms with Crippen molar-refractivity contribution in [1.82, 2.24) is 20.1 Å². The molecule has 1 N–H and O–H groups in total. The van der Waals surface area contributed by atoms with E-state index in [0.29, 0.717) is 43.8 Å². The highest BCUT2D eigenvalue weighted by molar-refractivity contribution is 6.07. The van der Waals surface area contributed by atoms with Gasteiger partial charge in [-0.2, -0.15) is 0 Å². The number of imide groups is 1. The molecule has 0 spiro atoms. The Bertz CT molecular complexity index is 1100. The first-order valence-electron chi connectivity index (χ1n) is 12.2. The number of benzene rings is 1. The van der Waals surface area contributed by atoms with Crippen LogP contribution < -0.4 is 5.32 Å². The van der Waals surface area contributed by atoms with E-state index in [1.807, 2.05) is 6.07 Å². The normalized spacial score (nSPS) is 25.2. The number of aromatic nitrogens is 1. The van der Waals surface area contributed by atoms with Gasteiger partial charge in [0.15, 0.2) is 5.54 Å². The third kappa shape index (κ3) is 4.52. The van der Waals surface area contributed by atoms with Gasteiger partial charge in [-0.05, 0) is 55.5 Å². The fourth-order valence-corrected chi connectivity index (χ4v) is 5.50. The van der Waals surface area contributed by atoms with Gasteiger partial charge in [-0.15, -0.1) is 0 Å². The molecule has 0 unspecified atom stereocenters. The van der Waals surface area contributed by atoms with Gasteiger partial charge in [0.2, 0.25) is 5.91 Å². The number of nitrogens with one attached hydrogen (secondary N) is 1. The fraction of sp³-hybridized carbons (Fsp3) is 0.462. The number of likely N-dealkylation sites (tertiary alicyclic amines) is 1. The molecule has 1 aromatic carbocycles. The van der Waals surface area contributed by atoms with E-state index in [2.05, 4.69) is 10.3 Å². The Morgan fingerprint density at radius 3 is 2.66 bits per heavy atom. The van der Waals surface area contributed by atoms with Crippen LogP contribution in [-0.4, -0.2) is 65.0 Å². The molecule has 2 atom stereocenters. The van der Waals surface area contributed by atoms with Crippen LogP contribution in [0.1, 0.15) is 36.9 Å². The average molecular weight is 481 g/mol. The topological polar surface area (TPSA) is 91.8 Å². The Kier molecular flexibility index (Phi) is 6.51. The lowest BCUT2D eigenvalue weighted by molar-refractivity contribution is -0.137. The van der Waals surface area contributed by atoms with Crippen molar-refractivity contribution in [2.45, 2.75) is 43.7 Å². The van der Waals surface area contributed by atoms with Gasteiger partial charge < -0.3 is 15.0 Å². The summed E-state index contributed by atoms with van der Waals surface area (Å²) in [7, 11) is 0. The number of carbonyl (C=O) groups excluding carboxylic acids is 3. The summed E-state index contributed by atoms with van der Waals surface area (Å²) in [6.07, 6.45) is 4.40. The molecule has 0 radical (unpaired) electrons. The van der Waals surface area contributed by atoms with E-state index in [1.54, 1.807) is 35.4 Å². The van der Waals surface area contributed by atoms with E-state index in [4.69, 9.17) is 4.74 Å². The summed E-state index contributed by atoms with van der Waals surface area (Å²) in [6, 6.07) is 11.0.